The molecular weight excluding hydrogens is 222 g/mol. The molecule has 1 saturated carbocycles. The Balaban J connectivity index is 2.00. The van der Waals surface area contributed by atoms with Gasteiger partial charge in [-0.25, -0.2) is 0 Å². The Labute approximate surface area is 107 Å². The predicted octanol–water partition coefficient (Wildman–Crippen LogP) is 3.56. The number of nitrogens with one attached hydrogen (secondary N) is 1. The minimum absolute atomic E-state index is 0.268. The number of aromatic nitrogens is 1. The molecule has 0 unspecified atom stereocenters. The Hall–Kier alpha value is -1.77. The van der Waals surface area contributed by atoms with Crippen LogP contribution in [0.2, 0.25) is 0 Å². The van der Waals surface area contributed by atoms with E-state index in [1.165, 1.54) is 19.3 Å². The molecule has 3 nitrogen and oxygen atoms in total. The summed E-state index contributed by atoms with van der Waals surface area (Å²) < 4.78 is 0. The molecule has 0 aliphatic heterocycles. The Morgan fingerprint density at radius 3 is 2.83 bits per heavy atom. The van der Waals surface area contributed by atoms with E-state index in [9.17, 15) is 0 Å². The van der Waals surface area contributed by atoms with Gasteiger partial charge in [-0.05, 0) is 49.9 Å². The van der Waals surface area contributed by atoms with Crippen molar-refractivity contribution in [1.82, 2.24) is 4.98 Å². The van der Waals surface area contributed by atoms with Crippen LogP contribution in [-0.4, -0.2) is 10.5 Å². The van der Waals surface area contributed by atoms with Gasteiger partial charge in [-0.15, -0.1) is 0 Å². The summed E-state index contributed by atoms with van der Waals surface area (Å²) in [5.74, 6) is 0. The molecule has 94 valence electrons. The van der Waals surface area contributed by atoms with Crippen molar-refractivity contribution in [1.29, 1.82) is 0 Å². The van der Waals surface area contributed by atoms with Crippen molar-refractivity contribution < 1.29 is 0 Å². The summed E-state index contributed by atoms with van der Waals surface area (Å²) >= 11 is 0. The van der Waals surface area contributed by atoms with Crippen LogP contribution in [0, 0.1) is 0 Å². The molecule has 0 amide bonds. The van der Waals surface area contributed by atoms with Crippen molar-refractivity contribution >= 4 is 22.3 Å². The molecule has 0 saturated heterocycles. The van der Waals surface area contributed by atoms with E-state index in [0.717, 1.165) is 28.7 Å². The molecule has 3 rings (SSSR count). The predicted molar refractivity (Wildman–Crippen MR) is 76.7 cm³/mol. The highest BCUT2D eigenvalue weighted by molar-refractivity contribution is 5.96. The monoisotopic (exact) mass is 241 g/mol. The zero-order chi connectivity index (χ0) is 12.6. The molecule has 18 heavy (non-hydrogen) atoms. The van der Waals surface area contributed by atoms with Crippen molar-refractivity contribution in [3.05, 3.63) is 30.5 Å². The lowest BCUT2D eigenvalue weighted by molar-refractivity contribution is 0.270. The number of anilines is 2. The largest absolute Gasteiger partial charge is 0.397 e. The van der Waals surface area contributed by atoms with Gasteiger partial charge < -0.3 is 11.1 Å². The summed E-state index contributed by atoms with van der Waals surface area (Å²) in [4.78, 5) is 4.33. The first-order valence-corrected chi connectivity index (χ1v) is 6.65. The van der Waals surface area contributed by atoms with Crippen molar-refractivity contribution in [2.45, 2.75) is 38.1 Å². The second kappa shape index (κ2) is 4.16. The van der Waals surface area contributed by atoms with Crippen molar-refractivity contribution in [3.8, 4) is 0 Å². The van der Waals surface area contributed by atoms with Crippen LogP contribution in [-0.2, 0) is 0 Å². The van der Waals surface area contributed by atoms with Crippen LogP contribution in [0.25, 0.3) is 10.9 Å². The minimum atomic E-state index is 0.268. The van der Waals surface area contributed by atoms with Gasteiger partial charge in [-0.2, -0.15) is 0 Å². The fourth-order valence-electron chi connectivity index (χ4n) is 2.74. The minimum Gasteiger partial charge on any atom is -0.397 e. The summed E-state index contributed by atoms with van der Waals surface area (Å²) in [7, 11) is 0. The second-order valence-corrected chi connectivity index (χ2v) is 5.21. The number of hydrogen-bond acceptors (Lipinski definition) is 3. The maximum absolute atomic E-state index is 6.26. The summed E-state index contributed by atoms with van der Waals surface area (Å²) in [5.41, 5.74) is 9.36. The van der Waals surface area contributed by atoms with Crippen molar-refractivity contribution in [2.24, 2.45) is 0 Å². The maximum atomic E-state index is 6.26. The first-order valence-electron chi connectivity index (χ1n) is 6.65. The molecular formula is C15H19N3. The van der Waals surface area contributed by atoms with Crippen LogP contribution in [0.4, 0.5) is 11.4 Å². The second-order valence-electron chi connectivity index (χ2n) is 5.21. The fourth-order valence-corrected chi connectivity index (χ4v) is 2.74. The van der Waals surface area contributed by atoms with Crippen LogP contribution in [0.3, 0.4) is 0 Å². The van der Waals surface area contributed by atoms with E-state index in [2.05, 4.69) is 23.3 Å². The summed E-state index contributed by atoms with van der Waals surface area (Å²) in [5, 5.41) is 4.68. The SMILES string of the molecule is CCC1(Nc2ccc3ncccc3c2N)CCC1. The van der Waals surface area contributed by atoms with Gasteiger partial charge in [0.25, 0.3) is 0 Å². The third-order valence-electron chi connectivity index (χ3n) is 4.21. The number of rotatable bonds is 3. The van der Waals surface area contributed by atoms with Crippen molar-refractivity contribution in [3.63, 3.8) is 0 Å². The lowest BCUT2D eigenvalue weighted by atomic mass is 9.74. The summed E-state index contributed by atoms with van der Waals surface area (Å²) in [6, 6.07) is 8.06. The number of nitrogens with zero attached hydrogens (tertiary/aromatic N) is 1. The Bertz CT molecular complexity index is 567. The zero-order valence-corrected chi connectivity index (χ0v) is 10.7. The van der Waals surface area contributed by atoms with Crippen LogP contribution in [0.15, 0.2) is 30.5 Å². The molecule has 1 aromatic carbocycles. The molecule has 1 aliphatic rings. The van der Waals surface area contributed by atoms with Crippen LogP contribution < -0.4 is 11.1 Å². The van der Waals surface area contributed by atoms with Crippen LogP contribution in [0.5, 0.6) is 0 Å². The van der Waals surface area contributed by atoms with E-state index in [1.807, 2.05) is 18.2 Å². The molecule has 1 fully saturated rings. The van der Waals surface area contributed by atoms with Gasteiger partial charge in [-0.3, -0.25) is 4.98 Å². The third kappa shape index (κ3) is 1.70. The molecule has 0 bridgehead atoms. The summed E-state index contributed by atoms with van der Waals surface area (Å²) in [6.45, 7) is 2.24. The van der Waals surface area contributed by atoms with E-state index in [4.69, 9.17) is 5.73 Å². The molecule has 2 aromatic rings. The lowest BCUT2D eigenvalue weighted by Gasteiger charge is -2.43. The highest BCUT2D eigenvalue weighted by atomic mass is 15.0. The number of nitrogens with two attached hydrogens (primary N) is 1. The van der Waals surface area contributed by atoms with E-state index in [-0.39, 0.29) is 5.54 Å². The lowest BCUT2D eigenvalue weighted by Crippen LogP contribution is -2.44. The molecule has 1 heterocycles. The van der Waals surface area contributed by atoms with Gasteiger partial charge in [-0.1, -0.05) is 6.92 Å². The third-order valence-corrected chi connectivity index (χ3v) is 4.21. The molecule has 3 N–H and O–H groups in total. The average Bonchev–Trinajstić information content (AvgIpc) is 2.37. The van der Waals surface area contributed by atoms with Gasteiger partial charge in [0, 0.05) is 17.1 Å². The maximum Gasteiger partial charge on any atom is 0.0724 e. The summed E-state index contributed by atoms with van der Waals surface area (Å²) in [6.07, 6.45) is 6.75. The number of pyridine rings is 1. The van der Waals surface area contributed by atoms with Gasteiger partial charge >= 0.3 is 0 Å². The number of nitrogen functional groups attached to an aromatic ring is 1. The molecule has 3 heteroatoms. The number of fused-ring (bicyclic) bond motifs is 1. The zero-order valence-electron chi connectivity index (χ0n) is 10.7. The standard InChI is InChI=1S/C15H19N3/c1-2-15(8-4-9-15)18-13-7-6-12-11(14(13)16)5-3-10-17-12/h3,5-7,10,18H,2,4,8-9,16H2,1H3. The smallest absolute Gasteiger partial charge is 0.0724 e. The first kappa shape index (κ1) is 11.3. The number of hydrogen-bond donors (Lipinski definition) is 2. The topological polar surface area (TPSA) is 50.9 Å². The van der Waals surface area contributed by atoms with Gasteiger partial charge in [0.15, 0.2) is 0 Å². The molecule has 0 radical (unpaired) electrons. The van der Waals surface area contributed by atoms with Crippen LogP contribution >= 0.6 is 0 Å². The Kier molecular flexibility index (Phi) is 2.62. The molecule has 0 spiro atoms. The van der Waals surface area contributed by atoms with Gasteiger partial charge in [0.05, 0.1) is 16.9 Å². The quantitative estimate of drug-likeness (QED) is 0.808. The van der Waals surface area contributed by atoms with E-state index >= 15 is 0 Å². The van der Waals surface area contributed by atoms with Crippen molar-refractivity contribution in [2.75, 3.05) is 11.1 Å². The highest BCUT2D eigenvalue weighted by Gasteiger charge is 2.35. The Morgan fingerprint density at radius 1 is 1.33 bits per heavy atom. The van der Waals surface area contributed by atoms with E-state index in [1.54, 1.807) is 6.20 Å². The molecule has 0 atom stereocenters. The number of benzene rings is 1. The van der Waals surface area contributed by atoms with E-state index < -0.39 is 0 Å². The normalized spacial score (nSPS) is 17.4. The van der Waals surface area contributed by atoms with Crippen LogP contribution in [0.1, 0.15) is 32.6 Å². The Morgan fingerprint density at radius 2 is 2.17 bits per heavy atom. The van der Waals surface area contributed by atoms with Gasteiger partial charge in [0.2, 0.25) is 0 Å². The fraction of sp³-hybridized carbons (Fsp3) is 0.400. The molecule has 1 aromatic heterocycles. The molecule has 1 aliphatic carbocycles. The highest BCUT2D eigenvalue weighted by Crippen LogP contribution is 2.40. The first-order chi connectivity index (χ1) is 8.74. The average molecular weight is 241 g/mol. The van der Waals surface area contributed by atoms with E-state index in [0.29, 0.717) is 0 Å². The van der Waals surface area contributed by atoms with Gasteiger partial charge in [0.1, 0.15) is 0 Å².